The molecule has 3 N–H and O–H groups in total. The average molecular weight is 655 g/mol. The molecule has 8 nitrogen and oxygen atoms in total. The van der Waals surface area contributed by atoms with Crippen LogP contribution in [0.4, 0.5) is 18.9 Å². The van der Waals surface area contributed by atoms with Gasteiger partial charge < -0.3 is 20.7 Å². The Labute approximate surface area is 277 Å². The number of aryl methyl sites for hydroxylation is 1. The number of methoxy groups -OCH3 is 1. The maximum absolute atomic E-state index is 13.8. The van der Waals surface area contributed by atoms with Crippen molar-refractivity contribution in [3.63, 3.8) is 0 Å². The summed E-state index contributed by atoms with van der Waals surface area (Å²) in [5, 5.41) is 3.48. The van der Waals surface area contributed by atoms with Gasteiger partial charge in [0.25, 0.3) is 5.91 Å². The van der Waals surface area contributed by atoms with Crippen LogP contribution in [0, 0.1) is 6.92 Å². The molecular weight excluding hydrogens is 605 g/mol. The lowest BCUT2D eigenvalue weighted by atomic mass is 9.88. The summed E-state index contributed by atoms with van der Waals surface area (Å²) in [4.78, 5) is 24.6. The molecule has 4 rings (SSSR count). The van der Waals surface area contributed by atoms with E-state index in [-0.39, 0.29) is 5.91 Å². The van der Waals surface area contributed by atoms with Crippen LogP contribution >= 0.6 is 0 Å². The number of carbonyl (C=O) groups excluding carboxylic acids is 1. The molecule has 2 saturated heterocycles. The van der Waals surface area contributed by atoms with E-state index in [1.54, 1.807) is 19.5 Å². The zero-order chi connectivity index (χ0) is 34.0. The van der Waals surface area contributed by atoms with Crippen molar-refractivity contribution < 1.29 is 22.7 Å². The number of allylic oxidation sites excluding steroid dienone is 1. The highest BCUT2D eigenvalue weighted by Gasteiger charge is 2.30. The lowest BCUT2D eigenvalue weighted by Crippen LogP contribution is -2.49. The van der Waals surface area contributed by atoms with E-state index in [4.69, 9.17) is 10.5 Å². The number of aliphatic imine (C=N–C) groups is 1. The van der Waals surface area contributed by atoms with Crippen LogP contribution in [-0.2, 0) is 22.3 Å². The van der Waals surface area contributed by atoms with Crippen LogP contribution in [0.1, 0.15) is 61.3 Å². The Kier molecular flexibility index (Phi) is 13.0. The Bertz CT molecular complexity index is 1420. The number of nitrogens with one attached hydrogen (secondary N) is 1. The van der Waals surface area contributed by atoms with Gasteiger partial charge in [-0.2, -0.15) is 13.2 Å². The number of benzene rings is 2. The molecule has 1 amide bonds. The minimum Gasteiger partial charge on any atom is -0.403 e. The van der Waals surface area contributed by atoms with Gasteiger partial charge in [0.2, 0.25) is 0 Å². The van der Waals surface area contributed by atoms with Gasteiger partial charge in [0.1, 0.15) is 5.70 Å². The fourth-order valence-electron chi connectivity index (χ4n) is 6.08. The van der Waals surface area contributed by atoms with Crippen LogP contribution in [-0.4, -0.2) is 86.4 Å². The first kappa shape index (κ1) is 36.2. The van der Waals surface area contributed by atoms with E-state index < -0.39 is 11.7 Å². The minimum atomic E-state index is -4.34. The number of rotatable bonds is 12. The summed E-state index contributed by atoms with van der Waals surface area (Å²) < 4.78 is 43.8. The van der Waals surface area contributed by atoms with Gasteiger partial charge in [-0.1, -0.05) is 31.2 Å². The lowest BCUT2D eigenvalue weighted by molar-refractivity contribution is -0.137. The monoisotopic (exact) mass is 654 g/mol. The van der Waals surface area contributed by atoms with Crippen molar-refractivity contribution in [1.29, 1.82) is 0 Å². The smallest absolute Gasteiger partial charge is 0.403 e. The Hall–Kier alpha value is -3.67. The topological polar surface area (TPSA) is 86.4 Å². The highest BCUT2D eigenvalue weighted by Crippen LogP contribution is 2.32. The molecule has 0 saturated carbocycles. The molecule has 11 heteroatoms. The van der Waals surface area contributed by atoms with E-state index in [0.29, 0.717) is 50.9 Å². The second-order valence-electron chi connectivity index (χ2n) is 12.4. The molecule has 0 bridgehead atoms. The Morgan fingerprint density at radius 3 is 2.30 bits per heavy atom. The summed E-state index contributed by atoms with van der Waals surface area (Å²) in [6, 6.07) is 11.8. The van der Waals surface area contributed by atoms with E-state index in [9.17, 15) is 18.0 Å². The SMILES string of the molecule is CC/C(C)=C(\Nc1ccc(C2CCN(CC(=C/N)/N=C\COC)CC2)cc1C)C(=O)N1CCN(Cc2ccc(C(F)(F)F)cc2)CC1. The zero-order valence-electron chi connectivity index (χ0n) is 28.1. The van der Waals surface area contributed by atoms with Gasteiger partial charge in [-0.15, -0.1) is 0 Å². The van der Waals surface area contributed by atoms with Crippen molar-refractivity contribution in [2.75, 3.05) is 64.8 Å². The van der Waals surface area contributed by atoms with Gasteiger partial charge in [0, 0.05) is 64.5 Å². The van der Waals surface area contributed by atoms with Crippen molar-refractivity contribution >= 4 is 17.8 Å². The van der Waals surface area contributed by atoms with Crippen molar-refractivity contribution in [2.45, 2.75) is 58.7 Å². The molecule has 2 aromatic rings. The largest absolute Gasteiger partial charge is 0.416 e. The molecule has 2 aliphatic rings. The summed E-state index contributed by atoms with van der Waals surface area (Å²) in [7, 11) is 1.64. The van der Waals surface area contributed by atoms with Crippen molar-refractivity contribution in [1.82, 2.24) is 14.7 Å². The number of hydrogen-bond acceptors (Lipinski definition) is 7. The van der Waals surface area contributed by atoms with Crippen LogP contribution < -0.4 is 11.1 Å². The highest BCUT2D eigenvalue weighted by molar-refractivity contribution is 5.97. The lowest BCUT2D eigenvalue weighted by Gasteiger charge is -2.35. The molecule has 47 heavy (non-hydrogen) atoms. The van der Waals surface area contributed by atoms with Gasteiger partial charge >= 0.3 is 6.18 Å². The van der Waals surface area contributed by atoms with Crippen LogP contribution in [0.25, 0.3) is 0 Å². The summed E-state index contributed by atoms with van der Waals surface area (Å²) in [5.41, 5.74) is 11.8. The second kappa shape index (κ2) is 16.9. The van der Waals surface area contributed by atoms with E-state index in [2.05, 4.69) is 45.2 Å². The molecule has 0 spiro atoms. The summed E-state index contributed by atoms with van der Waals surface area (Å²) in [6.45, 7) is 12.2. The molecule has 2 fully saturated rings. The van der Waals surface area contributed by atoms with E-state index in [0.717, 1.165) is 79.1 Å². The molecular formula is C36H49F3N6O2. The maximum atomic E-state index is 13.8. The molecule has 256 valence electrons. The average Bonchev–Trinajstić information content (AvgIpc) is 3.07. The van der Waals surface area contributed by atoms with Crippen LogP contribution in [0.3, 0.4) is 0 Å². The van der Waals surface area contributed by atoms with E-state index >= 15 is 0 Å². The molecule has 0 radical (unpaired) electrons. The number of nitrogens with zero attached hydrogens (tertiary/aromatic N) is 4. The number of carbonyl (C=O) groups is 1. The first-order valence-corrected chi connectivity index (χ1v) is 16.4. The minimum absolute atomic E-state index is 0.0215. The fraction of sp³-hybridized carbons (Fsp3) is 0.500. The molecule has 0 atom stereocenters. The van der Waals surface area contributed by atoms with Crippen LogP contribution in [0.15, 0.2) is 70.6 Å². The first-order chi connectivity index (χ1) is 22.5. The van der Waals surface area contributed by atoms with Crippen LogP contribution in [0.5, 0.6) is 0 Å². The maximum Gasteiger partial charge on any atom is 0.416 e. The third-order valence-electron chi connectivity index (χ3n) is 9.16. The highest BCUT2D eigenvalue weighted by atomic mass is 19.4. The quantitative estimate of drug-likeness (QED) is 0.211. The van der Waals surface area contributed by atoms with Gasteiger partial charge in [-0.3, -0.25) is 19.6 Å². The van der Waals surface area contributed by atoms with Crippen molar-refractivity contribution in [3.8, 4) is 0 Å². The van der Waals surface area contributed by atoms with Crippen molar-refractivity contribution in [2.24, 2.45) is 10.7 Å². The Morgan fingerprint density at radius 2 is 1.72 bits per heavy atom. The standard InChI is InChI=1S/C36H49F3N6O2/c1-5-26(2)34(35(46)45-19-17-44(18-20-45)24-28-6-9-31(10-7-28)36(37,38)39)42-33-11-8-30(22-27(33)3)29-12-15-43(16-13-29)25-32(23-40)41-14-21-47-4/h6-11,14,22-23,29,42H,5,12-13,15-21,24-25,40H2,1-4H3/b32-23-,34-26-,41-14-. The van der Waals surface area contributed by atoms with Gasteiger partial charge in [-0.25, -0.2) is 0 Å². The molecule has 2 aliphatic heterocycles. The van der Waals surface area contributed by atoms with Crippen LogP contribution in [0.2, 0.25) is 0 Å². The number of alkyl halides is 3. The third kappa shape index (κ3) is 10.2. The summed E-state index contributed by atoms with van der Waals surface area (Å²) in [5.74, 6) is 0.445. The first-order valence-electron chi connectivity index (χ1n) is 16.4. The Morgan fingerprint density at radius 1 is 1.04 bits per heavy atom. The van der Waals surface area contributed by atoms with Gasteiger partial charge in [0.15, 0.2) is 0 Å². The molecule has 0 aliphatic carbocycles. The molecule has 0 unspecified atom stereocenters. The molecule has 2 aromatic carbocycles. The van der Waals surface area contributed by atoms with Crippen molar-refractivity contribution in [3.05, 3.63) is 87.9 Å². The predicted molar refractivity (Wildman–Crippen MR) is 182 cm³/mol. The Balaban J connectivity index is 1.32. The normalized spacial score (nSPS) is 18.1. The number of ether oxygens (including phenoxy) is 1. The fourth-order valence-corrected chi connectivity index (χ4v) is 6.08. The van der Waals surface area contributed by atoms with Gasteiger partial charge in [-0.05, 0) is 92.6 Å². The van der Waals surface area contributed by atoms with E-state index in [1.807, 2.05) is 18.7 Å². The number of anilines is 1. The summed E-state index contributed by atoms with van der Waals surface area (Å²) in [6.07, 6.45) is 1.80. The number of nitrogens with two attached hydrogens (primary N) is 1. The number of likely N-dealkylation sites (tertiary alicyclic amines) is 1. The number of piperidine rings is 1. The number of amides is 1. The number of halogens is 3. The molecule has 0 aromatic heterocycles. The molecule has 2 heterocycles. The number of hydrogen-bond donors (Lipinski definition) is 2. The number of piperazine rings is 1. The third-order valence-corrected chi connectivity index (χ3v) is 9.16. The zero-order valence-corrected chi connectivity index (χ0v) is 28.1. The second-order valence-corrected chi connectivity index (χ2v) is 12.4. The summed E-state index contributed by atoms with van der Waals surface area (Å²) >= 11 is 0. The predicted octanol–water partition coefficient (Wildman–Crippen LogP) is 6.15. The van der Waals surface area contributed by atoms with Gasteiger partial charge in [0.05, 0.1) is 17.9 Å². The van der Waals surface area contributed by atoms with E-state index in [1.165, 1.54) is 17.7 Å².